The Morgan fingerprint density at radius 3 is 2.32 bits per heavy atom. The van der Waals surface area contributed by atoms with E-state index in [0.717, 1.165) is 25.9 Å². The Kier molecular flexibility index (Phi) is 7.37. The molecule has 0 amide bonds. The van der Waals surface area contributed by atoms with Gasteiger partial charge in [0.25, 0.3) is 0 Å². The third-order valence-corrected chi connectivity index (χ3v) is 4.23. The molecule has 0 unspecified atom stereocenters. The summed E-state index contributed by atoms with van der Waals surface area (Å²) in [7, 11) is 6.18. The molecule has 110 valence electrons. The Bertz CT molecular complexity index is 274. The van der Waals surface area contributed by atoms with Crippen LogP contribution in [0.15, 0.2) is 0 Å². The van der Waals surface area contributed by atoms with Crippen LogP contribution in [0, 0.1) is 11.3 Å². The van der Waals surface area contributed by atoms with E-state index in [1.807, 2.05) is 7.05 Å². The second kappa shape index (κ2) is 8.52. The highest BCUT2D eigenvalue weighted by atomic mass is 15.1. The van der Waals surface area contributed by atoms with Crippen LogP contribution in [0.1, 0.15) is 38.5 Å². The van der Waals surface area contributed by atoms with E-state index in [1.54, 1.807) is 0 Å². The number of unbranched alkanes of at least 4 members (excludes halogenated alkanes) is 3. The molecule has 0 radical (unpaired) electrons. The van der Waals surface area contributed by atoms with Crippen LogP contribution < -0.4 is 5.32 Å². The third kappa shape index (κ3) is 5.90. The summed E-state index contributed by atoms with van der Waals surface area (Å²) >= 11 is 0. The number of nitrogens with one attached hydrogen (secondary N) is 1. The monoisotopic (exact) mass is 266 g/mol. The van der Waals surface area contributed by atoms with Gasteiger partial charge in [0.05, 0.1) is 6.07 Å². The van der Waals surface area contributed by atoms with Crippen LogP contribution in [0.2, 0.25) is 0 Å². The van der Waals surface area contributed by atoms with Gasteiger partial charge in [-0.05, 0) is 59.9 Å². The Morgan fingerprint density at radius 1 is 1.16 bits per heavy atom. The predicted octanol–water partition coefficient (Wildman–Crippen LogP) is 1.69. The van der Waals surface area contributed by atoms with Gasteiger partial charge in [0.2, 0.25) is 0 Å². The lowest BCUT2D eigenvalue weighted by molar-refractivity contribution is 0.169. The van der Waals surface area contributed by atoms with Crippen molar-refractivity contribution in [3.05, 3.63) is 0 Å². The average Bonchev–Trinajstić information content (AvgIpc) is 2.43. The zero-order valence-corrected chi connectivity index (χ0v) is 12.9. The fourth-order valence-electron chi connectivity index (χ4n) is 2.69. The number of rotatable bonds is 8. The molecule has 0 aliphatic carbocycles. The fraction of sp³-hybridized carbons (Fsp3) is 0.933. The third-order valence-electron chi connectivity index (χ3n) is 4.23. The first-order valence-corrected chi connectivity index (χ1v) is 7.59. The molecular weight excluding hydrogens is 236 g/mol. The second-order valence-corrected chi connectivity index (χ2v) is 6.00. The molecule has 4 nitrogen and oxygen atoms in total. The fourth-order valence-corrected chi connectivity index (χ4v) is 2.69. The molecule has 0 aromatic rings. The summed E-state index contributed by atoms with van der Waals surface area (Å²) in [6, 6.07) is 2.44. The maximum absolute atomic E-state index is 9.21. The topological polar surface area (TPSA) is 42.3 Å². The molecule has 1 heterocycles. The summed E-state index contributed by atoms with van der Waals surface area (Å²) in [5.74, 6) is 0. The van der Waals surface area contributed by atoms with Crippen LogP contribution >= 0.6 is 0 Å². The van der Waals surface area contributed by atoms with Gasteiger partial charge in [-0.15, -0.1) is 0 Å². The highest BCUT2D eigenvalue weighted by Gasteiger charge is 2.32. The molecule has 1 rings (SSSR count). The summed E-state index contributed by atoms with van der Waals surface area (Å²) in [5.41, 5.74) is -0.262. The van der Waals surface area contributed by atoms with Gasteiger partial charge in [0.15, 0.2) is 0 Å². The van der Waals surface area contributed by atoms with Crippen LogP contribution in [-0.2, 0) is 0 Å². The first-order valence-electron chi connectivity index (χ1n) is 7.59. The van der Waals surface area contributed by atoms with Crippen molar-refractivity contribution in [3.8, 4) is 6.07 Å². The zero-order chi connectivity index (χ0) is 14.1. The van der Waals surface area contributed by atoms with Gasteiger partial charge in [-0.3, -0.25) is 0 Å². The molecule has 1 aliphatic heterocycles. The Balaban J connectivity index is 2.06. The van der Waals surface area contributed by atoms with Crippen molar-refractivity contribution in [1.29, 1.82) is 5.26 Å². The highest BCUT2D eigenvalue weighted by Crippen LogP contribution is 2.21. The first kappa shape index (κ1) is 16.4. The van der Waals surface area contributed by atoms with Crippen LogP contribution in [0.25, 0.3) is 0 Å². The Labute approximate surface area is 118 Å². The van der Waals surface area contributed by atoms with Gasteiger partial charge in [-0.2, -0.15) is 5.26 Å². The minimum Gasteiger partial charge on any atom is -0.309 e. The van der Waals surface area contributed by atoms with Crippen LogP contribution in [0.3, 0.4) is 0 Å². The van der Waals surface area contributed by atoms with Gasteiger partial charge in [-0.25, -0.2) is 0 Å². The lowest BCUT2D eigenvalue weighted by atomic mass is 9.89. The van der Waals surface area contributed by atoms with E-state index < -0.39 is 0 Å². The van der Waals surface area contributed by atoms with Crippen molar-refractivity contribution in [2.75, 3.05) is 47.3 Å². The van der Waals surface area contributed by atoms with Crippen molar-refractivity contribution in [3.63, 3.8) is 0 Å². The summed E-state index contributed by atoms with van der Waals surface area (Å²) < 4.78 is 0. The van der Waals surface area contributed by atoms with E-state index in [2.05, 4.69) is 35.3 Å². The van der Waals surface area contributed by atoms with Gasteiger partial charge in [-0.1, -0.05) is 12.8 Å². The number of hydrogen-bond donors (Lipinski definition) is 1. The lowest BCUT2D eigenvalue weighted by Crippen LogP contribution is -2.51. The van der Waals surface area contributed by atoms with Gasteiger partial charge in [0, 0.05) is 13.1 Å². The molecule has 0 atom stereocenters. The van der Waals surface area contributed by atoms with E-state index in [9.17, 15) is 5.26 Å². The molecule has 0 saturated carbocycles. The molecule has 19 heavy (non-hydrogen) atoms. The molecule has 0 aromatic carbocycles. The molecule has 0 bridgehead atoms. The normalized spacial score (nSPS) is 19.5. The summed E-state index contributed by atoms with van der Waals surface area (Å²) in [4.78, 5) is 4.77. The average molecular weight is 266 g/mol. The molecule has 0 aromatic heterocycles. The number of hydrogen-bond acceptors (Lipinski definition) is 4. The summed E-state index contributed by atoms with van der Waals surface area (Å²) in [6.07, 6.45) is 7.20. The molecule has 1 fully saturated rings. The highest BCUT2D eigenvalue weighted by molar-refractivity contribution is 5.08. The quantitative estimate of drug-likeness (QED) is 0.679. The van der Waals surface area contributed by atoms with Crippen molar-refractivity contribution in [2.24, 2.45) is 0 Å². The Hall–Kier alpha value is -0.630. The van der Waals surface area contributed by atoms with E-state index >= 15 is 0 Å². The summed E-state index contributed by atoms with van der Waals surface area (Å²) in [6.45, 7) is 4.53. The molecule has 1 aliphatic rings. The van der Waals surface area contributed by atoms with E-state index in [-0.39, 0.29) is 5.54 Å². The van der Waals surface area contributed by atoms with Crippen molar-refractivity contribution < 1.29 is 0 Å². The minimum atomic E-state index is -0.262. The van der Waals surface area contributed by atoms with Crippen LogP contribution in [0.4, 0.5) is 0 Å². The number of nitrogens with zero attached hydrogens (tertiary/aromatic N) is 3. The predicted molar refractivity (Wildman–Crippen MR) is 80.1 cm³/mol. The zero-order valence-electron chi connectivity index (χ0n) is 12.9. The molecule has 1 saturated heterocycles. The first-order chi connectivity index (χ1) is 9.12. The van der Waals surface area contributed by atoms with E-state index in [4.69, 9.17) is 0 Å². The minimum absolute atomic E-state index is 0.262. The van der Waals surface area contributed by atoms with Gasteiger partial charge in [0.1, 0.15) is 5.54 Å². The van der Waals surface area contributed by atoms with Crippen molar-refractivity contribution in [1.82, 2.24) is 15.1 Å². The molecular formula is C15H30N4. The van der Waals surface area contributed by atoms with Crippen molar-refractivity contribution >= 4 is 0 Å². The second-order valence-electron chi connectivity index (χ2n) is 6.00. The SMILES string of the molecule is CNC1(C#N)CCN(CCCCCCN(C)C)CC1. The van der Waals surface area contributed by atoms with Crippen LogP contribution in [0.5, 0.6) is 0 Å². The summed E-state index contributed by atoms with van der Waals surface area (Å²) in [5, 5.41) is 12.4. The van der Waals surface area contributed by atoms with E-state index in [0.29, 0.717) is 0 Å². The maximum atomic E-state index is 9.21. The molecule has 1 N–H and O–H groups in total. The maximum Gasteiger partial charge on any atom is 0.108 e. The standard InChI is InChI=1S/C15H30N4/c1-17-15(14-16)8-12-19(13-9-15)11-7-5-4-6-10-18(2)3/h17H,4-13H2,1-3H3. The number of likely N-dealkylation sites (tertiary alicyclic amines) is 1. The van der Waals surface area contributed by atoms with Gasteiger partial charge < -0.3 is 15.1 Å². The molecule has 4 heteroatoms. The largest absolute Gasteiger partial charge is 0.309 e. The number of nitriles is 1. The molecule has 0 spiro atoms. The smallest absolute Gasteiger partial charge is 0.108 e. The van der Waals surface area contributed by atoms with E-state index in [1.165, 1.54) is 38.8 Å². The van der Waals surface area contributed by atoms with Crippen LogP contribution in [-0.4, -0.2) is 62.7 Å². The lowest BCUT2D eigenvalue weighted by Gasteiger charge is -2.37. The Morgan fingerprint density at radius 2 is 1.79 bits per heavy atom. The van der Waals surface area contributed by atoms with Gasteiger partial charge >= 0.3 is 0 Å². The number of piperidine rings is 1. The van der Waals surface area contributed by atoms with Crippen molar-refractivity contribution in [2.45, 2.75) is 44.1 Å².